The third kappa shape index (κ3) is 1.31. The molecule has 0 radical (unpaired) electrons. The van der Waals surface area contributed by atoms with E-state index in [0.717, 1.165) is 5.92 Å². The Hall–Kier alpha value is -0.530. The van der Waals surface area contributed by atoms with E-state index in [1.807, 2.05) is 0 Å². The molecule has 1 aliphatic heterocycles. The van der Waals surface area contributed by atoms with Gasteiger partial charge in [0, 0.05) is 12.8 Å². The van der Waals surface area contributed by atoms with Gasteiger partial charge >= 0.3 is 0 Å². The molecule has 0 spiro atoms. The summed E-state index contributed by atoms with van der Waals surface area (Å²) in [5, 5.41) is 0. The van der Waals surface area contributed by atoms with Gasteiger partial charge in [-0.05, 0) is 0 Å². The first-order valence-corrected chi connectivity index (χ1v) is 3.87. The zero-order chi connectivity index (χ0) is 7.72. The van der Waals surface area contributed by atoms with Crippen LogP contribution in [0.15, 0.2) is 0 Å². The minimum Gasteiger partial charge on any atom is -0.268 e. The molecule has 0 aromatic carbocycles. The van der Waals surface area contributed by atoms with Crippen LogP contribution in [0.2, 0.25) is 0 Å². The second-order valence-corrected chi connectivity index (χ2v) is 3.41. The number of amidine groups is 1. The molecule has 1 aliphatic rings. The van der Waals surface area contributed by atoms with Gasteiger partial charge in [-0.3, -0.25) is 9.48 Å². The molecule has 1 unspecified atom stereocenters. The van der Waals surface area contributed by atoms with Crippen LogP contribution in [0, 0.1) is 5.92 Å². The van der Waals surface area contributed by atoms with Crippen LogP contribution in [0.4, 0.5) is 0 Å². The molecule has 1 heterocycles. The van der Waals surface area contributed by atoms with Gasteiger partial charge < -0.3 is 0 Å². The van der Waals surface area contributed by atoms with Gasteiger partial charge in [-0.2, -0.15) is 0 Å². The number of nitrogens with zero attached hydrogens (tertiary/aromatic N) is 2. The molecule has 0 N–H and O–H groups in total. The van der Waals surface area contributed by atoms with Gasteiger partial charge in [0.15, 0.2) is 0 Å². The number of hydrogen-bond acceptors (Lipinski definition) is 1. The third-order valence-electron chi connectivity index (χ3n) is 2.28. The molecule has 0 fully saturated rings. The minimum atomic E-state index is 0.804. The molecule has 0 amide bonds. The molecule has 0 aliphatic carbocycles. The quantitative estimate of drug-likeness (QED) is 0.448. The summed E-state index contributed by atoms with van der Waals surface area (Å²) in [6, 6.07) is 0. The summed E-state index contributed by atoms with van der Waals surface area (Å²) in [5.74, 6) is 2.19. The molecule has 0 aromatic heterocycles. The normalized spacial score (nSPS) is 27.6. The monoisotopic (exact) mass is 141 g/mol. The molecule has 0 aromatic rings. The van der Waals surface area contributed by atoms with Crippen LogP contribution in [-0.4, -0.2) is 42.5 Å². The lowest BCUT2D eigenvalue weighted by atomic mass is 10.1. The molecule has 10 heavy (non-hydrogen) atoms. The molecular weight excluding hydrogens is 124 g/mol. The first kappa shape index (κ1) is 7.58. The standard InChI is InChI=1S/C8H17N2/c1-7-5-9(3)8(2)10(4)6-7/h7H,5-6H2,1-4H3/q+1. The maximum Gasteiger partial charge on any atom is 0.243 e. The zero-order valence-corrected chi connectivity index (χ0v) is 7.39. The van der Waals surface area contributed by atoms with Crippen molar-refractivity contribution in [3.63, 3.8) is 0 Å². The highest BCUT2D eigenvalue weighted by molar-refractivity contribution is 5.74. The van der Waals surface area contributed by atoms with Gasteiger partial charge in [0.1, 0.15) is 0 Å². The fraction of sp³-hybridized carbons (Fsp3) is 0.875. The lowest BCUT2D eigenvalue weighted by molar-refractivity contribution is -0.516. The van der Waals surface area contributed by atoms with Gasteiger partial charge in [0.2, 0.25) is 5.84 Å². The van der Waals surface area contributed by atoms with Crippen molar-refractivity contribution in [2.75, 3.05) is 27.2 Å². The Bertz CT molecular complexity index is 161. The average molecular weight is 141 g/mol. The first-order chi connectivity index (χ1) is 4.61. The highest BCUT2D eigenvalue weighted by Crippen LogP contribution is 2.04. The Morgan fingerprint density at radius 1 is 1.60 bits per heavy atom. The van der Waals surface area contributed by atoms with Crippen LogP contribution >= 0.6 is 0 Å². The van der Waals surface area contributed by atoms with Crippen molar-refractivity contribution in [1.29, 1.82) is 0 Å². The highest BCUT2D eigenvalue weighted by atomic mass is 15.2. The topological polar surface area (TPSA) is 6.25 Å². The lowest BCUT2D eigenvalue weighted by Gasteiger charge is -2.24. The summed E-state index contributed by atoms with van der Waals surface area (Å²) in [5.41, 5.74) is 0. The van der Waals surface area contributed by atoms with Crippen LogP contribution in [0.3, 0.4) is 0 Å². The molecule has 0 saturated heterocycles. The Labute approximate surface area is 63.2 Å². The fourth-order valence-corrected chi connectivity index (χ4v) is 1.55. The van der Waals surface area contributed by atoms with Crippen LogP contribution in [0.1, 0.15) is 13.8 Å². The summed E-state index contributed by atoms with van der Waals surface area (Å²) in [6.07, 6.45) is 0. The molecule has 2 heteroatoms. The smallest absolute Gasteiger partial charge is 0.243 e. The third-order valence-corrected chi connectivity index (χ3v) is 2.28. The van der Waals surface area contributed by atoms with Gasteiger partial charge in [0.25, 0.3) is 0 Å². The zero-order valence-electron chi connectivity index (χ0n) is 7.39. The van der Waals surface area contributed by atoms with E-state index >= 15 is 0 Å². The average Bonchev–Trinajstić information content (AvgIpc) is 1.82. The van der Waals surface area contributed by atoms with Crippen LogP contribution < -0.4 is 0 Å². The maximum atomic E-state index is 2.31. The van der Waals surface area contributed by atoms with Crippen molar-refractivity contribution in [2.45, 2.75) is 13.8 Å². The summed E-state index contributed by atoms with van der Waals surface area (Å²) < 4.78 is 2.31. The van der Waals surface area contributed by atoms with E-state index in [-0.39, 0.29) is 0 Å². The second kappa shape index (κ2) is 2.60. The van der Waals surface area contributed by atoms with E-state index < -0.39 is 0 Å². The summed E-state index contributed by atoms with van der Waals surface area (Å²) >= 11 is 0. The Kier molecular flexibility index (Phi) is 1.97. The molecule has 0 bridgehead atoms. The molecule has 0 saturated carbocycles. The van der Waals surface area contributed by atoms with E-state index in [1.165, 1.54) is 18.9 Å². The number of hydrogen-bond donors (Lipinski definition) is 0. The maximum absolute atomic E-state index is 2.31. The number of rotatable bonds is 0. The Morgan fingerprint density at radius 3 is 2.70 bits per heavy atom. The van der Waals surface area contributed by atoms with Crippen LogP contribution in [0.5, 0.6) is 0 Å². The molecule has 1 rings (SSSR count). The summed E-state index contributed by atoms with van der Waals surface area (Å²) in [6.45, 7) is 6.87. The van der Waals surface area contributed by atoms with Crippen molar-refractivity contribution in [1.82, 2.24) is 4.90 Å². The van der Waals surface area contributed by atoms with Gasteiger partial charge in [-0.15, -0.1) is 0 Å². The van der Waals surface area contributed by atoms with Crippen molar-refractivity contribution in [3.8, 4) is 0 Å². The van der Waals surface area contributed by atoms with Crippen molar-refractivity contribution >= 4 is 5.84 Å². The summed E-state index contributed by atoms with van der Waals surface area (Å²) in [7, 11) is 4.31. The Morgan fingerprint density at radius 2 is 2.20 bits per heavy atom. The van der Waals surface area contributed by atoms with Gasteiger partial charge in [-0.25, -0.2) is 0 Å². The molecule has 2 nitrogen and oxygen atoms in total. The van der Waals surface area contributed by atoms with Gasteiger partial charge in [-0.1, -0.05) is 6.92 Å². The minimum absolute atomic E-state index is 0.804. The first-order valence-electron chi connectivity index (χ1n) is 3.87. The molecule has 58 valence electrons. The van der Waals surface area contributed by atoms with Crippen LogP contribution in [-0.2, 0) is 0 Å². The largest absolute Gasteiger partial charge is 0.268 e. The lowest BCUT2D eigenvalue weighted by Crippen LogP contribution is -2.43. The predicted octanol–water partition coefficient (Wildman–Crippen LogP) is 0.629. The van der Waals surface area contributed by atoms with Crippen LogP contribution in [0.25, 0.3) is 0 Å². The van der Waals surface area contributed by atoms with Gasteiger partial charge in [0.05, 0.1) is 27.2 Å². The highest BCUT2D eigenvalue weighted by Gasteiger charge is 2.22. The van der Waals surface area contributed by atoms with E-state index in [0.29, 0.717) is 0 Å². The Balaban J connectivity index is 2.74. The van der Waals surface area contributed by atoms with E-state index in [1.54, 1.807) is 0 Å². The molecular formula is C8H17N2+. The SMILES string of the molecule is CC1=[N+](C)CC(C)CN1C. The van der Waals surface area contributed by atoms with E-state index in [2.05, 4.69) is 37.4 Å². The fourth-order valence-electron chi connectivity index (χ4n) is 1.55. The van der Waals surface area contributed by atoms with E-state index in [4.69, 9.17) is 0 Å². The predicted molar refractivity (Wildman–Crippen MR) is 43.5 cm³/mol. The molecule has 1 atom stereocenters. The second-order valence-electron chi connectivity index (χ2n) is 3.41. The summed E-state index contributed by atoms with van der Waals surface area (Å²) in [4.78, 5) is 2.31. The van der Waals surface area contributed by atoms with Crippen molar-refractivity contribution < 1.29 is 4.58 Å². The van der Waals surface area contributed by atoms with E-state index in [9.17, 15) is 0 Å². The van der Waals surface area contributed by atoms with Crippen molar-refractivity contribution in [3.05, 3.63) is 0 Å². The van der Waals surface area contributed by atoms with Crippen molar-refractivity contribution in [2.24, 2.45) is 5.92 Å².